The first-order valence-corrected chi connectivity index (χ1v) is 9.73. The molecule has 0 fully saturated rings. The topological polar surface area (TPSA) is 77.0 Å². The zero-order chi connectivity index (χ0) is 18.8. The molecule has 0 radical (unpaired) electrons. The predicted octanol–water partition coefficient (Wildman–Crippen LogP) is 3.53. The van der Waals surface area contributed by atoms with Gasteiger partial charge in [0.05, 0.1) is 27.2 Å². The second kappa shape index (κ2) is 7.20. The first-order valence-electron chi connectivity index (χ1n) is 6.95. The van der Waals surface area contributed by atoms with Gasteiger partial charge in [0.25, 0.3) is 0 Å². The van der Waals surface area contributed by atoms with Gasteiger partial charge in [0, 0.05) is 18.0 Å². The highest BCUT2D eigenvalue weighted by Crippen LogP contribution is 2.32. The number of alkyl halides is 4. The molecular formula is C15H12BrF3N2O3S. The van der Waals surface area contributed by atoms with Crippen molar-refractivity contribution in [2.24, 2.45) is 0 Å². The van der Waals surface area contributed by atoms with E-state index in [0.717, 1.165) is 30.6 Å². The molecule has 2 rings (SSSR count). The smallest absolute Gasteiger partial charge is 0.291 e. The third-order valence-corrected chi connectivity index (χ3v) is 5.59. The molecule has 0 atom stereocenters. The van der Waals surface area contributed by atoms with Crippen LogP contribution in [0, 0.1) is 0 Å². The quantitative estimate of drug-likeness (QED) is 0.529. The lowest BCUT2D eigenvalue weighted by Gasteiger charge is -2.11. The fourth-order valence-corrected chi connectivity index (χ4v) is 3.36. The number of ketones is 1. The maximum atomic E-state index is 12.8. The Morgan fingerprint density at radius 3 is 2.48 bits per heavy atom. The number of hydrogen-bond acceptors (Lipinski definition) is 5. The van der Waals surface area contributed by atoms with E-state index in [-0.39, 0.29) is 32.9 Å². The second-order valence-electron chi connectivity index (χ2n) is 4.96. The fraction of sp³-hybridized carbons (Fsp3) is 0.267. The summed E-state index contributed by atoms with van der Waals surface area (Å²) in [7, 11) is -3.81. The summed E-state index contributed by atoms with van der Waals surface area (Å²) in [6, 6.07) is 2.74. The molecule has 5 nitrogen and oxygen atoms in total. The zero-order valence-corrected chi connectivity index (χ0v) is 15.2. The lowest BCUT2D eigenvalue weighted by molar-refractivity contribution is -0.137. The van der Waals surface area contributed by atoms with Crippen LogP contribution in [-0.4, -0.2) is 35.3 Å². The van der Waals surface area contributed by atoms with Crippen LogP contribution in [0.3, 0.4) is 0 Å². The van der Waals surface area contributed by atoms with Crippen LogP contribution in [0.4, 0.5) is 13.2 Å². The number of nitrogens with zero attached hydrogens (tertiary/aromatic N) is 2. The third kappa shape index (κ3) is 4.24. The number of aromatic nitrogens is 2. The van der Waals surface area contributed by atoms with Crippen molar-refractivity contribution >= 4 is 31.6 Å². The molecule has 2 aromatic rings. The normalized spacial score (nSPS) is 12.2. The van der Waals surface area contributed by atoms with E-state index in [1.54, 1.807) is 0 Å². The van der Waals surface area contributed by atoms with Crippen molar-refractivity contribution in [1.29, 1.82) is 0 Å². The second-order valence-corrected chi connectivity index (χ2v) is 7.77. The van der Waals surface area contributed by atoms with Crippen LogP contribution in [0.2, 0.25) is 0 Å². The monoisotopic (exact) mass is 436 g/mol. The third-order valence-electron chi connectivity index (χ3n) is 3.34. The molecule has 25 heavy (non-hydrogen) atoms. The predicted molar refractivity (Wildman–Crippen MR) is 88.3 cm³/mol. The summed E-state index contributed by atoms with van der Waals surface area (Å²) in [5.74, 6) is -0.827. The number of Topliss-reactive ketones (excluding diaryl/α,β-unsaturated/α-hetero) is 1. The lowest BCUT2D eigenvalue weighted by Crippen LogP contribution is -2.14. The highest BCUT2D eigenvalue weighted by atomic mass is 79.9. The van der Waals surface area contributed by atoms with Gasteiger partial charge in [-0.15, -0.1) is 0 Å². The van der Waals surface area contributed by atoms with E-state index < -0.39 is 27.4 Å². The van der Waals surface area contributed by atoms with Gasteiger partial charge >= 0.3 is 6.18 Å². The van der Waals surface area contributed by atoms with Gasteiger partial charge in [-0.2, -0.15) is 13.2 Å². The van der Waals surface area contributed by atoms with Gasteiger partial charge in [-0.1, -0.05) is 22.9 Å². The Balaban J connectivity index is 2.66. The van der Waals surface area contributed by atoms with E-state index in [2.05, 4.69) is 25.9 Å². The number of carbonyl (C=O) groups is 1. The molecule has 0 saturated carbocycles. The Bertz CT molecular complexity index is 914. The molecule has 0 unspecified atom stereocenters. The van der Waals surface area contributed by atoms with Crippen molar-refractivity contribution in [3.8, 4) is 11.3 Å². The largest absolute Gasteiger partial charge is 0.416 e. The summed E-state index contributed by atoms with van der Waals surface area (Å²) in [6.45, 7) is 1.40. The maximum absolute atomic E-state index is 12.8. The minimum absolute atomic E-state index is 0.0734. The molecule has 134 valence electrons. The Morgan fingerprint density at radius 2 is 1.92 bits per heavy atom. The number of hydrogen-bond donors (Lipinski definition) is 0. The summed E-state index contributed by atoms with van der Waals surface area (Å²) in [5.41, 5.74) is -1.19. The van der Waals surface area contributed by atoms with Crippen LogP contribution in [0.25, 0.3) is 11.3 Å². The summed E-state index contributed by atoms with van der Waals surface area (Å²) >= 11 is 2.95. The van der Waals surface area contributed by atoms with Crippen LogP contribution in [-0.2, 0) is 16.0 Å². The molecule has 0 spiro atoms. The molecule has 10 heteroatoms. The molecule has 0 aromatic carbocycles. The zero-order valence-electron chi connectivity index (χ0n) is 12.8. The van der Waals surface area contributed by atoms with Crippen LogP contribution >= 0.6 is 15.9 Å². The number of carbonyl (C=O) groups excluding carboxylic acids is 1. The average Bonchev–Trinajstić information content (AvgIpc) is 2.60. The molecule has 0 aliphatic rings. The molecule has 2 aromatic heterocycles. The van der Waals surface area contributed by atoms with Gasteiger partial charge in [-0.05, 0) is 18.2 Å². The van der Waals surface area contributed by atoms with E-state index in [0.29, 0.717) is 0 Å². The van der Waals surface area contributed by atoms with Gasteiger partial charge in [0.15, 0.2) is 15.6 Å². The molecule has 2 heterocycles. The minimum Gasteiger partial charge on any atom is -0.291 e. The van der Waals surface area contributed by atoms with Crippen molar-refractivity contribution in [2.75, 3.05) is 11.1 Å². The molecule has 0 aliphatic heterocycles. The number of pyridine rings is 2. The van der Waals surface area contributed by atoms with Crippen molar-refractivity contribution in [3.05, 3.63) is 41.9 Å². The van der Waals surface area contributed by atoms with Crippen molar-refractivity contribution in [2.45, 2.75) is 18.0 Å². The van der Waals surface area contributed by atoms with Gasteiger partial charge in [-0.25, -0.2) is 8.42 Å². The van der Waals surface area contributed by atoms with Gasteiger partial charge in [0.2, 0.25) is 0 Å². The molecule has 0 aliphatic carbocycles. The van der Waals surface area contributed by atoms with Crippen LogP contribution in [0.15, 0.2) is 35.5 Å². The SMILES string of the molecule is CCS(=O)(=O)c1cc(-c2cc(C(F)(F)F)ccn2)cnc1C(=O)CBr. The Labute approximate surface area is 150 Å². The van der Waals surface area contributed by atoms with Crippen LogP contribution in [0.5, 0.6) is 0 Å². The molecular weight excluding hydrogens is 425 g/mol. The Kier molecular flexibility index (Phi) is 5.62. The van der Waals surface area contributed by atoms with E-state index in [1.165, 1.54) is 6.92 Å². The number of rotatable bonds is 5. The lowest BCUT2D eigenvalue weighted by atomic mass is 10.1. The van der Waals surface area contributed by atoms with Crippen molar-refractivity contribution in [3.63, 3.8) is 0 Å². The number of sulfone groups is 1. The van der Waals surface area contributed by atoms with E-state index >= 15 is 0 Å². The number of halogens is 4. The van der Waals surface area contributed by atoms with Crippen molar-refractivity contribution < 1.29 is 26.4 Å². The van der Waals surface area contributed by atoms with Crippen LogP contribution in [0.1, 0.15) is 23.0 Å². The summed E-state index contributed by atoms with van der Waals surface area (Å²) in [6.07, 6.45) is -2.45. The fourth-order valence-electron chi connectivity index (χ4n) is 2.01. The summed E-state index contributed by atoms with van der Waals surface area (Å²) < 4.78 is 63.0. The van der Waals surface area contributed by atoms with Gasteiger partial charge < -0.3 is 0 Å². The van der Waals surface area contributed by atoms with E-state index in [9.17, 15) is 26.4 Å². The van der Waals surface area contributed by atoms with Crippen molar-refractivity contribution in [1.82, 2.24) is 9.97 Å². The molecule has 0 amide bonds. The molecule has 0 N–H and O–H groups in total. The van der Waals surface area contributed by atoms with E-state index in [4.69, 9.17) is 0 Å². The summed E-state index contributed by atoms with van der Waals surface area (Å²) in [4.78, 5) is 19.3. The molecule has 0 bridgehead atoms. The highest BCUT2D eigenvalue weighted by molar-refractivity contribution is 9.09. The Hall–Kier alpha value is -1.81. The molecule has 0 saturated heterocycles. The minimum atomic E-state index is -4.56. The summed E-state index contributed by atoms with van der Waals surface area (Å²) in [5, 5.41) is -0.132. The standard InChI is InChI=1S/C15H12BrF3N2O3S/c1-2-25(23,24)13-5-9(8-21-14(13)12(22)7-16)11-6-10(3-4-20-11)15(17,18)19/h3-6,8H,2,7H2,1H3. The highest BCUT2D eigenvalue weighted by Gasteiger charge is 2.31. The Morgan fingerprint density at radius 1 is 1.24 bits per heavy atom. The van der Waals surface area contributed by atoms with E-state index in [1.807, 2.05) is 0 Å². The maximum Gasteiger partial charge on any atom is 0.416 e. The van der Waals surface area contributed by atoms with Crippen LogP contribution < -0.4 is 0 Å². The first-order chi connectivity index (χ1) is 11.6. The van der Waals surface area contributed by atoms with Gasteiger partial charge in [-0.3, -0.25) is 14.8 Å². The average molecular weight is 437 g/mol. The van der Waals surface area contributed by atoms with Gasteiger partial charge in [0.1, 0.15) is 5.69 Å². The first kappa shape index (κ1) is 19.5.